The summed E-state index contributed by atoms with van der Waals surface area (Å²) in [5, 5.41) is 6.14. The molecular formula is C14H18N4O2S2. The molecule has 1 fully saturated rings. The monoisotopic (exact) mass is 338 g/mol. The minimum absolute atomic E-state index is 0.0972. The van der Waals surface area contributed by atoms with Gasteiger partial charge >= 0.3 is 0 Å². The van der Waals surface area contributed by atoms with E-state index in [9.17, 15) is 8.42 Å². The number of hydrogen-bond donors (Lipinski definition) is 1. The topological polar surface area (TPSA) is 84.8 Å². The van der Waals surface area contributed by atoms with Crippen LogP contribution < -0.4 is 5.32 Å². The maximum absolute atomic E-state index is 12.0. The zero-order valence-corrected chi connectivity index (χ0v) is 14.2. The molecule has 1 aliphatic heterocycles. The molecule has 2 aromatic heterocycles. The molecule has 8 heteroatoms. The average Bonchev–Trinajstić information content (AvgIpc) is 2.93. The minimum atomic E-state index is -3.35. The Balaban J connectivity index is 2.09. The lowest BCUT2D eigenvalue weighted by Gasteiger charge is -2.23. The second kappa shape index (κ2) is 6.02. The van der Waals surface area contributed by atoms with Crippen molar-refractivity contribution in [2.45, 2.75) is 30.6 Å². The van der Waals surface area contributed by atoms with Crippen molar-refractivity contribution < 1.29 is 8.42 Å². The van der Waals surface area contributed by atoms with Crippen molar-refractivity contribution in [3.05, 3.63) is 22.3 Å². The van der Waals surface area contributed by atoms with Crippen molar-refractivity contribution in [3.8, 4) is 11.5 Å². The number of piperidine rings is 1. The highest BCUT2D eigenvalue weighted by Crippen LogP contribution is 2.29. The molecule has 0 bridgehead atoms. The van der Waals surface area contributed by atoms with Crippen molar-refractivity contribution in [2.24, 2.45) is 0 Å². The number of hydrogen-bond acceptors (Lipinski definition) is 7. The highest BCUT2D eigenvalue weighted by Gasteiger charge is 2.25. The Labute approximate surface area is 134 Å². The van der Waals surface area contributed by atoms with Crippen LogP contribution in [0.3, 0.4) is 0 Å². The maximum atomic E-state index is 12.0. The Morgan fingerprint density at radius 3 is 2.77 bits per heavy atom. The van der Waals surface area contributed by atoms with Crippen LogP contribution in [0.2, 0.25) is 0 Å². The van der Waals surface area contributed by atoms with Crippen molar-refractivity contribution in [1.82, 2.24) is 20.3 Å². The Morgan fingerprint density at radius 1 is 1.36 bits per heavy atom. The number of nitrogens with zero attached hydrogens (tertiary/aromatic N) is 3. The molecule has 1 atom stereocenters. The lowest BCUT2D eigenvalue weighted by atomic mass is 9.96. The van der Waals surface area contributed by atoms with Gasteiger partial charge in [0.1, 0.15) is 10.6 Å². The van der Waals surface area contributed by atoms with Crippen LogP contribution >= 0.6 is 11.3 Å². The van der Waals surface area contributed by atoms with Gasteiger partial charge in [-0.3, -0.25) is 0 Å². The zero-order valence-electron chi connectivity index (χ0n) is 12.5. The summed E-state index contributed by atoms with van der Waals surface area (Å²) in [6.07, 6.45) is 4.58. The third-order valence-electron chi connectivity index (χ3n) is 3.71. The van der Waals surface area contributed by atoms with E-state index in [1.807, 2.05) is 12.3 Å². The molecule has 0 radical (unpaired) electrons. The molecule has 0 aromatic carbocycles. The second-order valence-corrected chi connectivity index (χ2v) is 8.56. The van der Waals surface area contributed by atoms with E-state index in [2.05, 4.69) is 20.3 Å². The number of aryl methyl sites for hydroxylation is 1. The first kappa shape index (κ1) is 15.5. The molecule has 0 aliphatic carbocycles. The van der Waals surface area contributed by atoms with Gasteiger partial charge < -0.3 is 5.32 Å². The molecule has 0 unspecified atom stereocenters. The van der Waals surface area contributed by atoms with Crippen LogP contribution in [0.1, 0.15) is 29.5 Å². The highest BCUT2D eigenvalue weighted by molar-refractivity contribution is 7.90. The molecule has 0 amide bonds. The quantitative estimate of drug-likeness (QED) is 0.918. The summed E-state index contributed by atoms with van der Waals surface area (Å²) in [6.45, 7) is 3.63. The van der Waals surface area contributed by atoms with E-state index in [0.29, 0.717) is 17.2 Å². The molecule has 0 saturated carbocycles. The number of rotatable bonds is 3. The zero-order chi connectivity index (χ0) is 15.7. The molecule has 0 spiro atoms. The first-order chi connectivity index (χ1) is 10.4. The first-order valence-electron chi connectivity index (χ1n) is 7.15. The van der Waals surface area contributed by atoms with E-state index in [1.54, 1.807) is 0 Å². The molecule has 3 rings (SSSR count). The SMILES string of the molecule is Cc1nc(-c2ncc(S(C)(=O)=O)c([C@@H]3CCCNC3)n2)cs1. The largest absolute Gasteiger partial charge is 0.316 e. The van der Waals surface area contributed by atoms with Gasteiger partial charge in [-0.15, -0.1) is 11.3 Å². The van der Waals surface area contributed by atoms with Crippen molar-refractivity contribution in [2.75, 3.05) is 19.3 Å². The summed E-state index contributed by atoms with van der Waals surface area (Å²) < 4.78 is 24.1. The van der Waals surface area contributed by atoms with Gasteiger partial charge in [-0.05, 0) is 26.3 Å². The summed E-state index contributed by atoms with van der Waals surface area (Å²) >= 11 is 1.53. The third kappa shape index (κ3) is 3.18. The maximum Gasteiger partial charge on any atom is 0.179 e. The molecule has 22 heavy (non-hydrogen) atoms. The fourth-order valence-electron chi connectivity index (χ4n) is 2.64. The summed E-state index contributed by atoms with van der Waals surface area (Å²) in [5.41, 5.74) is 1.32. The minimum Gasteiger partial charge on any atom is -0.316 e. The number of sulfone groups is 1. The summed E-state index contributed by atoms with van der Waals surface area (Å²) in [7, 11) is -3.35. The van der Waals surface area contributed by atoms with Gasteiger partial charge in [-0.1, -0.05) is 0 Å². The Morgan fingerprint density at radius 2 is 2.18 bits per heavy atom. The summed E-state index contributed by atoms with van der Waals surface area (Å²) in [6, 6.07) is 0. The Kier molecular flexibility index (Phi) is 4.24. The second-order valence-electron chi connectivity index (χ2n) is 5.51. The van der Waals surface area contributed by atoms with E-state index < -0.39 is 9.84 Å². The number of nitrogens with one attached hydrogen (secondary N) is 1. The molecule has 1 N–H and O–H groups in total. The van der Waals surface area contributed by atoms with Crippen molar-refractivity contribution in [3.63, 3.8) is 0 Å². The van der Waals surface area contributed by atoms with Crippen molar-refractivity contribution >= 4 is 21.2 Å². The van der Waals surface area contributed by atoms with Gasteiger partial charge in [0.2, 0.25) is 0 Å². The first-order valence-corrected chi connectivity index (χ1v) is 9.92. The summed E-state index contributed by atoms with van der Waals surface area (Å²) in [5.74, 6) is 0.595. The van der Waals surface area contributed by atoms with Crippen LogP contribution in [-0.4, -0.2) is 42.7 Å². The van der Waals surface area contributed by atoms with E-state index in [1.165, 1.54) is 23.8 Å². The van der Waals surface area contributed by atoms with Crippen LogP contribution in [0.25, 0.3) is 11.5 Å². The highest BCUT2D eigenvalue weighted by atomic mass is 32.2. The predicted octanol–water partition coefficient (Wildman–Crippen LogP) is 1.78. The van der Waals surface area contributed by atoms with Crippen LogP contribution in [0.5, 0.6) is 0 Å². The van der Waals surface area contributed by atoms with Crippen LogP contribution in [0.15, 0.2) is 16.5 Å². The van der Waals surface area contributed by atoms with Gasteiger partial charge in [0.05, 0.1) is 10.7 Å². The van der Waals surface area contributed by atoms with Gasteiger partial charge in [0.15, 0.2) is 15.7 Å². The third-order valence-corrected chi connectivity index (χ3v) is 5.60. The standard InChI is InChI=1S/C14H18N4O2S2/c1-9-17-11(8-21-9)14-16-7-12(22(2,19)20)13(18-14)10-4-3-5-15-6-10/h7-8,10,15H,3-6H2,1-2H3/t10-/m1/s1. The number of aromatic nitrogens is 3. The smallest absolute Gasteiger partial charge is 0.179 e. The van der Waals surface area contributed by atoms with E-state index >= 15 is 0 Å². The fraction of sp³-hybridized carbons (Fsp3) is 0.500. The van der Waals surface area contributed by atoms with Gasteiger partial charge in [0.25, 0.3) is 0 Å². The molecule has 1 saturated heterocycles. The normalized spacial score (nSPS) is 19.3. The Hall–Kier alpha value is -1.38. The Bertz CT molecular complexity index is 780. The molecule has 3 heterocycles. The predicted molar refractivity (Wildman–Crippen MR) is 85.8 cm³/mol. The molecule has 2 aromatic rings. The van der Waals surface area contributed by atoms with Gasteiger partial charge in [-0.25, -0.2) is 23.4 Å². The molecular weight excluding hydrogens is 320 g/mol. The van der Waals surface area contributed by atoms with Gasteiger partial charge in [-0.2, -0.15) is 0 Å². The van der Waals surface area contributed by atoms with E-state index in [0.717, 1.165) is 30.9 Å². The molecule has 6 nitrogen and oxygen atoms in total. The van der Waals surface area contributed by atoms with Crippen molar-refractivity contribution in [1.29, 1.82) is 0 Å². The van der Waals surface area contributed by atoms with Crippen LogP contribution in [0.4, 0.5) is 0 Å². The lowest BCUT2D eigenvalue weighted by molar-refractivity contribution is 0.448. The van der Waals surface area contributed by atoms with E-state index in [-0.39, 0.29) is 10.8 Å². The molecule has 1 aliphatic rings. The molecule has 118 valence electrons. The van der Waals surface area contributed by atoms with Crippen LogP contribution in [-0.2, 0) is 9.84 Å². The lowest BCUT2D eigenvalue weighted by Crippen LogP contribution is -2.30. The summed E-state index contributed by atoms with van der Waals surface area (Å²) in [4.78, 5) is 13.4. The fourth-order valence-corrected chi connectivity index (χ4v) is 4.06. The van der Waals surface area contributed by atoms with Crippen LogP contribution in [0, 0.1) is 6.92 Å². The average molecular weight is 338 g/mol. The van der Waals surface area contributed by atoms with Gasteiger partial charge in [0, 0.05) is 30.3 Å². The number of thiazole rings is 1. The van der Waals surface area contributed by atoms with E-state index in [4.69, 9.17) is 0 Å².